The Kier molecular flexibility index (Phi) is 2.19. The van der Waals surface area contributed by atoms with E-state index >= 15 is 0 Å². The number of rotatable bonds is 2. The topological polar surface area (TPSA) is 22.0 Å². The molecule has 0 unspecified atom stereocenters. The van der Waals surface area contributed by atoms with E-state index in [1.54, 1.807) is 6.92 Å². The molecule has 70 valence electrons. The van der Waals surface area contributed by atoms with Crippen LogP contribution in [0.3, 0.4) is 0 Å². The van der Waals surface area contributed by atoms with Crippen LogP contribution in [0.25, 0.3) is 5.69 Å². The van der Waals surface area contributed by atoms with E-state index in [-0.39, 0.29) is 5.78 Å². The smallest absolute Gasteiger partial charge is 0.176 e. The highest BCUT2D eigenvalue weighted by Gasteiger charge is 2.05. The van der Waals surface area contributed by atoms with Crippen LogP contribution in [-0.4, -0.2) is 10.4 Å². The molecule has 2 rings (SSSR count). The third-order valence-electron chi connectivity index (χ3n) is 2.14. The number of carbonyl (C=O) groups excluding carboxylic acids is 1. The third kappa shape index (κ3) is 1.46. The van der Waals surface area contributed by atoms with Crippen molar-refractivity contribution in [2.75, 3.05) is 0 Å². The summed E-state index contributed by atoms with van der Waals surface area (Å²) < 4.78 is 1.89. The molecule has 1 aromatic heterocycles. The Morgan fingerprint density at radius 3 is 2.43 bits per heavy atom. The first-order chi connectivity index (χ1) is 6.79. The Balaban J connectivity index is 2.52. The summed E-state index contributed by atoms with van der Waals surface area (Å²) in [5.74, 6) is 0.0823. The van der Waals surface area contributed by atoms with Crippen LogP contribution >= 0.6 is 0 Å². The van der Waals surface area contributed by atoms with Crippen LogP contribution in [0.15, 0.2) is 48.7 Å². The zero-order chi connectivity index (χ0) is 9.97. The van der Waals surface area contributed by atoms with Crippen LogP contribution < -0.4 is 0 Å². The predicted octanol–water partition coefficient (Wildman–Crippen LogP) is 2.68. The minimum absolute atomic E-state index is 0.0823. The predicted molar refractivity (Wildman–Crippen MR) is 55.8 cm³/mol. The largest absolute Gasteiger partial charge is 0.314 e. The lowest BCUT2D eigenvalue weighted by Crippen LogP contribution is -2.02. The van der Waals surface area contributed by atoms with Gasteiger partial charge in [-0.3, -0.25) is 4.79 Å². The van der Waals surface area contributed by atoms with Crippen molar-refractivity contribution in [3.63, 3.8) is 0 Å². The number of benzene rings is 1. The van der Waals surface area contributed by atoms with E-state index in [2.05, 4.69) is 0 Å². The molecule has 0 aliphatic rings. The van der Waals surface area contributed by atoms with Crippen molar-refractivity contribution in [1.82, 2.24) is 4.57 Å². The highest BCUT2D eigenvalue weighted by atomic mass is 16.1. The summed E-state index contributed by atoms with van der Waals surface area (Å²) in [6.07, 6.45) is 1.89. The lowest BCUT2D eigenvalue weighted by atomic mass is 10.3. The van der Waals surface area contributed by atoms with E-state index in [4.69, 9.17) is 0 Å². The monoisotopic (exact) mass is 185 g/mol. The molecule has 0 saturated carbocycles. The number of para-hydroxylation sites is 1. The molecule has 0 aliphatic carbocycles. The quantitative estimate of drug-likeness (QED) is 0.659. The van der Waals surface area contributed by atoms with Gasteiger partial charge in [-0.1, -0.05) is 18.2 Å². The van der Waals surface area contributed by atoms with Crippen molar-refractivity contribution in [3.8, 4) is 5.69 Å². The molecule has 0 saturated heterocycles. The van der Waals surface area contributed by atoms with Gasteiger partial charge in [0, 0.05) is 18.8 Å². The summed E-state index contributed by atoms with van der Waals surface area (Å²) in [4.78, 5) is 11.3. The molecule has 0 bridgehead atoms. The van der Waals surface area contributed by atoms with Crippen LogP contribution in [0.4, 0.5) is 0 Å². The first kappa shape index (κ1) is 8.75. The molecule has 2 aromatic rings. The van der Waals surface area contributed by atoms with Crippen molar-refractivity contribution in [2.24, 2.45) is 0 Å². The maximum absolute atomic E-state index is 11.3. The van der Waals surface area contributed by atoms with Crippen molar-refractivity contribution in [3.05, 3.63) is 54.4 Å². The SMILES string of the molecule is CC(=O)c1cccn1-c1ccccc1. The molecule has 0 radical (unpaired) electrons. The van der Waals surface area contributed by atoms with Crippen molar-refractivity contribution in [1.29, 1.82) is 0 Å². The normalized spacial score (nSPS) is 10.1. The number of nitrogens with zero attached hydrogens (tertiary/aromatic N) is 1. The Morgan fingerprint density at radius 1 is 1.07 bits per heavy atom. The van der Waals surface area contributed by atoms with E-state index in [9.17, 15) is 4.79 Å². The Hall–Kier alpha value is -1.83. The Morgan fingerprint density at radius 2 is 1.79 bits per heavy atom. The van der Waals surface area contributed by atoms with Gasteiger partial charge in [0.2, 0.25) is 0 Å². The van der Waals surface area contributed by atoms with Gasteiger partial charge in [0.15, 0.2) is 5.78 Å². The zero-order valence-electron chi connectivity index (χ0n) is 7.97. The van der Waals surface area contributed by atoms with Crippen LogP contribution in [0.5, 0.6) is 0 Å². The Labute approximate surface area is 82.8 Å². The van der Waals surface area contributed by atoms with Crippen LogP contribution in [0.1, 0.15) is 17.4 Å². The van der Waals surface area contributed by atoms with E-state index in [0.717, 1.165) is 11.4 Å². The standard InChI is InChI=1S/C12H11NO/c1-10(14)12-8-5-9-13(12)11-6-3-2-4-7-11/h2-9H,1H3. The summed E-state index contributed by atoms with van der Waals surface area (Å²) in [5, 5.41) is 0. The molecular weight excluding hydrogens is 174 g/mol. The lowest BCUT2D eigenvalue weighted by Gasteiger charge is -2.05. The second kappa shape index (κ2) is 3.50. The lowest BCUT2D eigenvalue weighted by molar-refractivity contribution is 0.101. The number of ketones is 1. The summed E-state index contributed by atoms with van der Waals surface area (Å²) in [6, 6.07) is 13.5. The van der Waals surface area contributed by atoms with Crippen LogP contribution in [0.2, 0.25) is 0 Å². The molecule has 1 aromatic carbocycles. The maximum Gasteiger partial charge on any atom is 0.176 e. The molecule has 0 amide bonds. The van der Waals surface area contributed by atoms with E-state index < -0.39 is 0 Å². The molecule has 2 nitrogen and oxygen atoms in total. The van der Waals surface area contributed by atoms with E-state index in [1.807, 2.05) is 53.2 Å². The van der Waals surface area contributed by atoms with Gasteiger partial charge >= 0.3 is 0 Å². The van der Waals surface area contributed by atoms with Crippen molar-refractivity contribution in [2.45, 2.75) is 6.92 Å². The second-order valence-electron chi connectivity index (χ2n) is 3.16. The summed E-state index contributed by atoms with van der Waals surface area (Å²) in [6.45, 7) is 1.58. The summed E-state index contributed by atoms with van der Waals surface area (Å²) >= 11 is 0. The van der Waals surface area contributed by atoms with Gasteiger partial charge in [0.1, 0.15) is 0 Å². The highest BCUT2D eigenvalue weighted by molar-refractivity contribution is 5.93. The molecule has 2 heteroatoms. The van der Waals surface area contributed by atoms with Gasteiger partial charge in [0.25, 0.3) is 0 Å². The fraction of sp³-hybridized carbons (Fsp3) is 0.0833. The summed E-state index contributed by atoms with van der Waals surface area (Å²) in [5.41, 5.74) is 1.74. The first-order valence-electron chi connectivity index (χ1n) is 4.53. The second-order valence-corrected chi connectivity index (χ2v) is 3.16. The molecule has 0 atom stereocenters. The molecule has 0 N–H and O–H groups in total. The Bertz CT molecular complexity index is 442. The van der Waals surface area contributed by atoms with Gasteiger partial charge in [-0.15, -0.1) is 0 Å². The fourth-order valence-corrected chi connectivity index (χ4v) is 1.48. The van der Waals surface area contributed by atoms with E-state index in [1.165, 1.54) is 0 Å². The van der Waals surface area contributed by atoms with Gasteiger partial charge in [-0.05, 0) is 24.3 Å². The van der Waals surface area contributed by atoms with Crippen molar-refractivity contribution >= 4 is 5.78 Å². The zero-order valence-corrected chi connectivity index (χ0v) is 7.97. The number of hydrogen-bond acceptors (Lipinski definition) is 1. The molecule has 0 fully saturated rings. The van der Waals surface area contributed by atoms with Gasteiger partial charge in [-0.2, -0.15) is 0 Å². The van der Waals surface area contributed by atoms with Gasteiger partial charge < -0.3 is 4.57 Å². The average Bonchev–Trinajstić information content (AvgIpc) is 2.67. The van der Waals surface area contributed by atoms with Crippen molar-refractivity contribution < 1.29 is 4.79 Å². The summed E-state index contributed by atoms with van der Waals surface area (Å²) in [7, 11) is 0. The third-order valence-corrected chi connectivity index (χ3v) is 2.14. The highest BCUT2D eigenvalue weighted by Crippen LogP contribution is 2.12. The minimum atomic E-state index is 0.0823. The van der Waals surface area contributed by atoms with Gasteiger partial charge in [0.05, 0.1) is 5.69 Å². The molecule has 0 spiro atoms. The number of aromatic nitrogens is 1. The minimum Gasteiger partial charge on any atom is -0.314 e. The fourth-order valence-electron chi connectivity index (χ4n) is 1.48. The maximum atomic E-state index is 11.3. The average molecular weight is 185 g/mol. The first-order valence-corrected chi connectivity index (χ1v) is 4.53. The van der Waals surface area contributed by atoms with E-state index in [0.29, 0.717) is 0 Å². The number of Topliss-reactive ketones (excluding diaryl/α,β-unsaturated/α-hetero) is 1. The van der Waals surface area contributed by atoms with Gasteiger partial charge in [-0.25, -0.2) is 0 Å². The number of hydrogen-bond donors (Lipinski definition) is 0. The van der Waals surface area contributed by atoms with Crippen LogP contribution in [-0.2, 0) is 0 Å². The van der Waals surface area contributed by atoms with Crippen LogP contribution in [0, 0.1) is 0 Å². The molecule has 14 heavy (non-hydrogen) atoms. The molecule has 0 aliphatic heterocycles. The number of carbonyl (C=O) groups is 1. The molecular formula is C12H11NO. The molecule has 1 heterocycles.